The molecule has 0 bridgehead atoms. The molecule has 17 nitrogen and oxygen atoms in total. The van der Waals surface area contributed by atoms with E-state index < -0.39 is 97.5 Å². The second-order valence-corrected chi connectivity index (χ2v) is 34.3. The summed E-state index contributed by atoms with van der Waals surface area (Å²) in [7, 11) is -9.93. The lowest BCUT2D eigenvalue weighted by Crippen LogP contribution is -2.30. The van der Waals surface area contributed by atoms with Crippen LogP contribution in [0.2, 0.25) is 0 Å². The fourth-order valence-corrected chi connectivity index (χ4v) is 15.1. The summed E-state index contributed by atoms with van der Waals surface area (Å²) >= 11 is 0. The molecule has 0 rings (SSSR count). The molecule has 3 N–H and O–H groups in total. The van der Waals surface area contributed by atoms with E-state index in [1.807, 2.05) is 0 Å². The highest BCUT2D eigenvalue weighted by Gasteiger charge is 2.30. The molecule has 105 heavy (non-hydrogen) atoms. The molecule has 0 aliphatic carbocycles. The van der Waals surface area contributed by atoms with Crippen LogP contribution in [-0.2, 0) is 65.4 Å². The zero-order valence-electron chi connectivity index (χ0n) is 68.9. The number of aliphatic hydroxyl groups is 1. The van der Waals surface area contributed by atoms with Crippen molar-refractivity contribution in [2.75, 3.05) is 39.6 Å². The number of carbonyl (C=O) groups excluding carboxylic acids is 4. The number of aliphatic hydroxyl groups excluding tert-OH is 1. The number of ether oxygens (including phenoxy) is 4. The van der Waals surface area contributed by atoms with E-state index in [1.165, 1.54) is 289 Å². The van der Waals surface area contributed by atoms with Gasteiger partial charge in [-0.1, -0.05) is 413 Å². The highest BCUT2D eigenvalue weighted by atomic mass is 31.2. The van der Waals surface area contributed by atoms with Gasteiger partial charge in [-0.25, -0.2) is 9.13 Å². The van der Waals surface area contributed by atoms with E-state index in [-0.39, 0.29) is 25.7 Å². The Balaban J connectivity index is 5.22. The van der Waals surface area contributed by atoms with Crippen molar-refractivity contribution in [2.45, 2.75) is 483 Å². The SMILES string of the molecule is CCCCCCCCCCCCCCCCCCCCCCCC(=O)O[C@H](COC(=O)CCCCCCCCCCCCCCCCCCCCCC)COP(=O)(O)OC[C@@H](O)COP(=O)(O)OC[C@@H](COC(=O)CCCCCCCCCCCCCC)OC(=O)CCCCCCCCCCCC(C)C. The number of phosphoric ester groups is 2. The number of phosphoric acid groups is 2. The smallest absolute Gasteiger partial charge is 0.462 e. The summed E-state index contributed by atoms with van der Waals surface area (Å²) in [5.74, 6) is -1.36. The lowest BCUT2D eigenvalue weighted by atomic mass is 10.0. The predicted octanol–water partition coefficient (Wildman–Crippen LogP) is 26.4. The minimum Gasteiger partial charge on any atom is -0.462 e. The number of esters is 4. The summed E-state index contributed by atoms with van der Waals surface area (Å²) in [6.07, 6.45) is 72.3. The molecule has 0 heterocycles. The largest absolute Gasteiger partial charge is 0.472 e. The zero-order valence-corrected chi connectivity index (χ0v) is 70.7. The Morgan fingerprint density at radius 3 is 0.648 bits per heavy atom. The summed E-state index contributed by atoms with van der Waals surface area (Å²) in [6, 6.07) is 0. The maximum atomic E-state index is 13.1. The van der Waals surface area contributed by atoms with Crippen LogP contribution >= 0.6 is 15.6 Å². The second kappa shape index (κ2) is 78.7. The Bertz CT molecular complexity index is 2000. The monoisotopic (exact) mass is 1540 g/mol. The molecule has 5 atom stereocenters. The van der Waals surface area contributed by atoms with Crippen molar-refractivity contribution in [1.29, 1.82) is 0 Å². The summed E-state index contributed by atoms with van der Waals surface area (Å²) < 4.78 is 68.9. The number of hydrogen-bond donors (Lipinski definition) is 3. The molecular weight excluding hydrogens is 1370 g/mol. The minimum atomic E-state index is -4.97. The minimum absolute atomic E-state index is 0.106. The van der Waals surface area contributed by atoms with E-state index >= 15 is 0 Å². The molecule has 0 saturated carbocycles. The van der Waals surface area contributed by atoms with Crippen LogP contribution in [0.1, 0.15) is 465 Å². The van der Waals surface area contributed by atoms with Crippen molar-refractivity contribution in [1.82, 2.24) is 0 Å². The molecule has 0 aliphatic heterocycles. The molecule has 0 amide bonds. The van der Waals surface area contributed by atoms with E-state index in [4.69, 9.17) is 37.0 Å². The van der Waals surface area contributed by atoms with Gasteiger partial charge in [0.25, 0.3) is 0 Å². The van der Waals surface area contributed by atoms with Gasteiger partial charge in [0.05, 0.1) is 26.4 Å². The van der Waals surface area contributed by atoms with Gasteiger partial charge < -0.3 is 33.8 Å². The molecule has 0 aromatic carbocycles. The van der Waals surface area contributed by atoms with Crippen LogP contribution in [0.15, 0.2) is 0 Å². The molecule has 0 radical (unpaired) electrons. The Kier molecular flexibility index (Phi) is 77.3. The van der Waals surface area contributed by atoms with Crippen molar-refractivity contribution in [3.63, 3.8) is 0 Å². The van der Waals surface area contributed by atoms with Gasteiger partial charge in [0.1, 0.15) is 19.3 Å². The Hall–Kier alpha value is -1.94. The van der Waals surface area contributed by atoms with Crippen LogP contribution in [0.5, 0.6) is 0 Å². The van der Waals surface area contributed by atoms with E-state index in [9.17, 15) is 43.2 Å². The van der Waals surface area contributed by atoms with Crippen molar-refractivity contribution in [2.24, 2.45) is 5.92 Å². The number of rotatable bonds is 86. The van der Waals surface area contributed by atoms with Crippen LogP contribution < -0.4 is 0 Å². The van der Waals surface area contributed by atoms with Gasteiger partial charge in [-0.3, -0.25) is 37.3 Å². The first-order chi connectivity index (χ1) is 51.0. The van der Waals surface area contributed by atoms with Crippen LogP contribution in [0.4, 0.5) is 0 Å². The second-order valence-electron chi connectivity index (χ2n) is 31.4. The average molecular weight is 1540 g/mol. The van der Waals surface area contributed by atoms with Crippen LogP contribution in [0.3, 0.4) is 0 Å². The van der Waals surface area contributed by atoms with Gasteiger partial charge >= 0.3 is 39.5 Å². The van der Waals surface area contributed by atoms with Gasteiger partial charge in [0.2, 0.25) is 0 Å². The molecule has 624 valence electrons. The Labute approximate surface area is 645 Å². The Morgan fingerprint density at radius 2 is 0.438 bits per heavy atom. The van der Waals surface area contributed by atoms with Crippen molar-refractivity contribution in [3.8, 4) is 0 Å². The molecule has 0 aromatic rings. The predicted molar refractivity (Wildman–Crippen MR) is 432 cm³/mol. The third-order valence-corrected chi connectivity index (χ3v) is 22.2. The normalized spacial score (nSPS) is 13.8. The van der Waals surface area contributed by atoms with E-state index in [0.29, 0.717) is 25.7 Å². The quantitative estimate of drug-likeness (QED) is 0.0222. The summed E-state index contributed by atoms with van der Waals surface area (Å²) in [6.45, 7) is 7.33. The number of carbonyl (C=O) groups is 4. The maximum absolute atomic E-state index is 13.1. The summed E-state index contributed by atoms with van der Waals surface area (Å²) in [5, 5.41) is 10.7. The highest BCUT2D eigenvalue weighted by molar-refractivity contribution is 7.47. The van der Waals surface area contributed by atoms with Crippen molar-refractivity contribution in [3.05, 3.63) is 0 Å². The molecular formula is C86H168O17P2. The highest BCUT2D eigenvalue weighted by Crippen LogP contribution is 2.45. The van der Waals surface area contributed by atoms with Gasteiger partial charge in [-0.05, 0) is 31.6 Å². The fourth-order valence-electron chi connectivity index (χ4n) is 13.5. The summed E-state index contributed by atoms with van der Waals surface area (Å²) in [5.41, 5.74) is 0. The van der Waals surface area contributed by atoms with Gasteiger partial charge in [-0.2, -0.15) is 0 Å². The molecule has 2 unspecified atom stereocenters. The van der Waals surface area contributed by atoms with E-state index in [1.54, 1.807) is 0 Å². The standard InChI is InChI=1S/C86H168O17P2/c1-6-9-12-15-18-21-24-27-29-31-33-35-37-39-41-43-46-51-56-61-66-71-85(90)102-81(75-97-84(89)70-65-60-55-50-45-42-40-38-36-34-32-30-28-25-22-19-16-13-10-7-2)77-100-104(92,93)98-73-80(87)74-99-105(94,95)101-78-82(103-86(91)72-67-62-57-52-47-48-53-58-63-68-79(4)5)76-96-83(88)69-64-59-54-49-44-26-23-20-17-14-11-8-3/h79-82,87H,6-78H2,1-5H3,(H,92,93)(H,94,95)/t80-,81-,82-/m1/s1. The molecule has 0 fully saturated rings. The van der Waals surface area contributed by atoms with Crippen molar-refractivity contribution >= 4 is 39.5 Å². The molecule has 19 heteroatoms. The third kappa shape index (κ3) is 79.9. The maximum Gasteiger partial charge on any atom is 0.472 e. The number of hydrogen-bond acceptors (Lipinski definition) is 15. The summed E-state index contributed by atoms with van der Waals surface area (Å²) in [4.78, 5) is 73.2. The van der Waals surface area contributed by atoms with E-state index in [0.717, 1.165) is 95.8 Å². The third-order valence-electron chi connectivity index (χ3n) is 20.3. The van der Waals surface area contributed by atoms with Gasteiger partial charge in [0, 0.05) is 25.7 Å². The topological polar surface area (TPSA) is 237 Å². The van der Waals surface area contributed by atoms with Crippen molar-refractivity contribution < 1.29 is 80.2 Å². The van der Waals surface area contributed by atoms with E-state index in [2.05, 4.69) is 34.6 Å². The molecule has 0 spiro atoms. The lowest BCUT2D eigenvalue weighted by molar-refractivity contribution is -0.161. The Morgan fingerprint density at radius 1 is 0.257 bits per heavy atom. The fraction of sp³-hybridized carbons (Fsp3) is 0.953. The van der Waals surface area contributed by atoms with Crippen LogP contribution in [0, 0.1) is 5.92 Å². The zero-order chi connectivity index (χ0) is 76.9. The first-order valence-corrected chi connectivity index (χ1v) is 47.6. The lowest BCUT2D eigenvalue weighted by Gasteiger charge is -2.21. The average Bonchev–Trinajstić information content (AvgIpc) is 0.917. The molecule has 0 aliphatic rings. The number of unbranched alkanes of at least 4 members (excludes halogenated alkanes) is 58. The molecule has 0 aromatic heterocycles. The van der Waals surface area contributed by atoms with Crippen LogP contribution in [0.25, 0.3) is 0 Å². The first kappa shape index (κ1) is 103. The van der Waals surface area contributed by atoms with Gasteiger partial charge in [0.15, 0.2) is 12.2 Å². The van der Waals surface area contributed by atoms with Crippen LogP contribution in [-0.4, -0.2) is 96.7 Å². The molecule has 0 saturated heterocycles. The first-order valence-electron chi connectivity index (χ1n) is 44.6. The van der Waals surface area contributed by atoms with Gasteiger partial charge in [-0.15, -0.1) is 0 Å².